The molecule has 0 unspecified atom stereocenters. The monoisotopic (exact) mass is 444 g/mol. The molecule has 9 nitrogen and oxygen atoms in total. The van der Waals surface area contributed by atoms with E-state index in [1.807, 2.05) is 0 Å². The number of thiazole rings is 1. The summed E-state index contributed by atoms with van der Waals surface area (Å²) in [6.07, 6.45) is 3.54. The van der Waals surface area contributed by atoms with E-state index >= 15 is 0 Å². The summed E-state index contributed by atoms with van der Waals surface area (Å²) in [6, 6.07) is 6.69. The van der Waals surface area contributed by atoms with E-state index in [1.54, 1.807) is 30.1 Å². The Kier molecular flexibility index (Phi) is 5.64. The highest BCUT2D eigenvalue weighted by Gasteiger charge is 2.24. The van der Waals surface area contributed by atoms with Gasteiger partial charge < -0.3 is 16.0 Å². The summed E-state index contributed by atoms with van der Waals surface area (Å²) in [5.41, 5.74) is 3.15. The van der Waals surface area contributed by atoms with Crippen molar-refractivity contribution in [3.63, 3.8) is 0 Å². The average molecular weight is 445 g/mol. The van der Waals surface area contributed by atoms with Crippen LogP contribution < -0.4 is 16.0 Å². The molecule has 4 rings (SSSR count). The van der Waals surface area contributed by atoms with E-state index in [2.05, 4.69) is 30.9 Å². The number of hydrogen-bond acceptors (Lipinski definition) is 9. The molecule has 1 fully saturated rings. The van der Waals surface area contributed by atoms with Gasteiger partial charge in [0, 0.05) is 30.4 Å². The van der Waals surface area contributed by atoms with Gasteiger partial charge in [-0.25, -0.2) is 18.4 Å². The Morgan fingerprint density at radius 3 is 2.60 bits per heavy atom. The zero-order valence-corrected chi connectivity index (χ0v) is 17.8. The van der Waals surface area contributed by atoms with Gasteiger partial charge in [0.05, 0.1) is 21.9 Å². The number of sulfone groups is 1. The first-order chi connectivity index (χ1) is 14.4. The summed E-state index contributed by atoms with van der Waals surface area (Å²) in [5, 5.41) is 10.6. The van der Waals surface area contributed by atoms with Gasteiger partial charge in [-0.1, -0.05) is 0 Å². The lowest BCUT2D eigenvalue weighted by atomic mass is 10.3. The molecule has 0 spiro atoms. The van der Waals surface area contributed by atoms with Gasteiger partial charge in [-0.15, -0.1) is 11.3 Å². The number of hydrogen-bond donors (Lipinski definition) is 3. The molecule has 1 aliphatic carbocycles. The zero-order chi connectivity index (χ0) is 21.1. The first-order valence-electron chi connectivity index (χ1n) is 9.27. The highest BCUT2D eigenvalue weighted by atomic mass is 32.2. The largest absolute Gasteiger partial charge is 0.367 e. The molecule has 11 heteroatoms. The van der Waals surface area contributed by atoms with Crippen molar-refractivity contribution >= 4 is 44.5 Å². The van der Waals surface area contributed by atoms with Crippen molar-refractivity contribution in [2.45, 2.75) is 29.5 Å². The highest BCUT2D eigenvalue weighted by Crippen LogP contribution is 2.27. The fraction of sp³-hybridized carbons (Fsp3) is 0.263. The van der Waals surface area contributed by atoms with E-state index in [9.17, 15) is 13.2 Å². The Bertz CT molecular complexity index is 1140. The number of carbonyl (C=O) groups is 1. The normalized spacial score (nSPS) is 13.6. The molecule has 0 bridgehead atoms. The Labute approximate surface area is 177 Å². The average Bonchev–Trinajstić information content (AvgIpc) is 3.41. The van der Waals surface area contributed by atoms with Crippen molar-refractivity contribution in [3.8, 4) is 0 Å². The van der Waals surface area contributed by atoms with Crippen molar-refractivity contribution < 1.29 is 13.2 Å². The molecule has 1 aliphatic rings. The molecule has 1 saturated carbocycles. The summed E-state index contributed by atoms with van der Waals surface area (Å²) in [6.45, 7) is 0. The second-order valence-electron chi connectivity index (χ2n) is 6.84. The number of anilines is 3. The Morgan fingerprint density at radius 2 is 1.97 bits per heavy atom. The van der Waals surface area contributed by atoms with E-state index in [1.165, 1.54) is 29.7 Å². The molecule has 3 N–H and O–H groups in total. The van der Waals surface area contributed by atoms with Crippen molar-refractivity contribution in [2.75, 3.05) is 17.7 Å². The molecular weight excluding hydrogens is 424 g/mol. The Hall–Kier alpha value is -3.05. The van der Waals surface area contributed by atoms with Crippen LogP contribution in [0.4, 0.5) is 17.5 Å². The Balaban J connectivity index is 1.51. The van der Waals surface area contributed by atoms with E-state index in [4.69, 9.17) is 0 Å². The fourth-order valence-corrected chi connectivity index (χ4v) is 4.66. The fourth-order valence-electron chi connectivity index (χ4n) is 2.74. The van der Waals surface area contributed by atoms with Crippen molar-refractivity contribution in [2.24, 2.45) is 0 Å². The molecule has 0 aliphatic heterocycles. The SMILES string of the molecule is CNC(=O)c1cnc(Nc2ccc(S(=O)(=O)Cc3cscn3)cc2)nc1NC1CC1. The van der Waals surface area contributed by atoms with Crippen LogP contribution in [0.3, 0.4) is 0 Å². The lowest BCUT2D eigenvalue weighted by Gasteiger charge is -2.12. The summed E-state index contributed by atoms with van der Waals surface area (Å²) < 4.78 is 25.1. The smallest absolute Gasteiger partial charge is 0.256 e. The van der Waals surface area contributed by atoms with Crippen LogP contribution in [0, 0.1) is 0 Å². The van der Waals surface area contributed by atoms with E-state index < -0.39 is 9.84 Å². The number of amides is 1. The standard InChI is InChI=1S/C19H20N6O3S2/c1-20-18(26)16-8-21-19(25-17(16)23-12-2-3-12)24-13-4-6-15(7-5-13)30(27,28)10-14-9-29-11-22-14/h4-9,11-12H,2-3,10H2,1H3,(H,20,26)(H2,21,23,24,25). The third-order valence-corrected chi connectivity index (χ3v) is 6.77. The van der Waals surface area contributed by atoms with Crippen LogP contribution in [0.1, 0.15) is 28.9 Å². The minimum atomic E-state index is -3.47. The third-order valence-electron chi connectivity index (χ3n) is 4.47. The number of carbonyl (C=O) groups excluding carboxylic acids is 1. The maximum atomic E-state index is 12.5. The number of nitrogens with one attached hydrogen (secondary N) is 3. The zero-order valence-electron chi connectivity index (χ0n) is 16.1. The van der Waals surface area contributed by atoms with Crippen molar-refractivity contribution in [1.82, 2.24) is 20.3 Å². The van der Waals surface area contributed by atoms with Gasteiger partial charge in [0.2, 0.25) is 5.95 Å². The molecule has 2 heterocycles. The highest BCUT2D eigenvalue weighted by molar-refractivity contribution is 7.90. The van der Waals surface area contributed by atoms with Crippen LogP contribution in [0.25, 0.3) is 0 Å². The molecule has 3 aromatic rings. The molecule has 2 aromatic heterocycles. The number of rotatable bonds is 8. The topological polar surface area (TPSA) is 126 Å². The minimum absolute atomic E-state index is 0.135. The van der Waals surface area contributed by atoms with E-state index in [0.29, 0.717) is 34.8 Å². The number of nitrogens with zero attached hydrogens (tertiary/aromatic N) is 3. The summed E-state index contributed by atoms with van der Waals surface area (Å²) in [4.78, 5) is 24.9. The Morgan fingerprint density at radius 1 is 1.20 bits per heavy atom. The molecule has 156 valence electrons. The molecular formula is C19H20N6O3S2. The minimum Gasteiger partial charge on any atom is -0.367 e. The molecule has 0 saturated heterocycles. The van der Waals surface area contributed by atoms with Gasteiger partial charge in [0.15, 0.2) is 9.84 Å². The second-order valence-corrected chi connectivity index (χ2v) is 9.55. The quantitative estimate of drug-likeness (QED) is 0.484. The van der Waals surface area contributed by atoms with Gasteiger partial charge in [-0.3, -0.25) is 4.79 Å². The van der Waals surface area contributed by atoms with Crippen LogP contribution in [-0.4, -0.2) is 42.4 Å². The van der Waals surface area contributed by atoms with Gasteiger partial charge in [0.25, 0.3) is 5.91 Å². The number of benzene rings is 1. The van der Waals surface area contributed by atoms with Crippen molar-refractivity contribution in [1.29, 1.82) is 0 Å². The van der Waals surface area contributed by atoms with E-state index in [0.717, 1.165) is 12.8 Å². The molecule has 1 amide bonds. The lowest BCUT2D eigenvalue weighted by Crippen LogP contribution is -2.21. The molecule has 30 heavy (non-hydrogen) atoms. The van der Waals surface area contributed by atoms with Crippen LogP contribution >= 0.6 is 11.3 Å². The van der Waals surface area contributed by atoms with Gasteiger partial charge in [-0.05, 0) is 37.1 Å². The van der Waals surface area contributed by atoms with E-state index in [-0.39, 0.29) is 16.6 Å². The van der Waals surface area contributed by atoms with Crippen LogP contribution in [0.15, 0.2) is 46.2 Å². The summed E-state index contributed by atoms with van der Waals surface area (Å²) in [5.74, 6) is 0.379. The van der Waals surface area contributed by atoms with Gasteiger partial charge >= 0.3 is 0 Å². The first kappa shape index (κ1) is 20.2. The van der Waals surface area contributed by atoms with Crippen molar-refractivity contribution in [3.05, 3.63) is 52.6 Å². The first-order valence-corrected chi connectivity index (χ1v) is 11.9. The maximum absolute atomic E-state index is 12.5. The van der Waals surface area contributed by atoms with Crippen LogP contribution in [-0.2, 0) is 15.6 Å². The van der Waals surface area contributed by atoms with Gasteiger partial charge in [0.1, 0.15) is 11.4 Å². The lowest BCUT2D eigenvalue weighted by molar-refractivity contribution is 0.0963. The molecule has 0 atom stereocenters. The predicted molar refractivity (Wildman–Crippen MR) is 115 cm³/mol. The summed E-state index contributed by atoms with van der Waals surface area (Å²) >= 11 is 1.36. The molecule has 0 radical (unpaired) electrons. The van der Waals surface area contributed by atoms with Crippen LogP contribution in [0.5, 0.6) is 0 Å². The third kappa shape index (κ3) is 4.74. The maximum Gasteiger partial charge on any atom is 0.256 e. The number of aromatic nitrogens is 3. The van der Waals surface area contributed by atoms with Gasteiger partial charge in [-0.2, -0.15) is 4.98 Å². The molecule has 1 aromatic carbocycles. The second kappa shape index (κ2) is 8.36. The van der Waals surface area contributed by atoms with Crippen LogP contribution in [0.2, 0.25) is 0 Å². The summed E-state index contributed by atoms with van der Waals surface area (Å²) in [7, 11) is -1.92. The predicted octanol–water partition coefficient (Wildman–Crippen LogP) is 2.58.